The molecule has 2 bridgehead atoms. The van der Waals surface area contributed by atoms with E-state index < -0.39 is 24.6 Å². The van der Waals surface area contributed by atoms with Crippen molar-refractivity contribution >= 4 is 5.91 Å². The van der Waals surface area contributed by atoms with E-state index in [1.807, 2.05) is 0 Å². The zero-order valence-electron chi connectivity index (χ0n) is 10.7. The molecule has 6 heteroatoms. The Morgan fingerprint density at radius 2 is 2.05 bits per heavy atom. The van der Waals surface area contributed by atoms with Gasteiger partial charge in [-0.05, 0) is 36.5 Å². The van der Waals surface area contributed by atoms with Crippen LogP contribution >= 0.6 is 0 Å². The third kappa shape index (κ3) is 2.04. The fraction of sp³-hybridized carbons (Fsp3) is 0.923. The van der Waals surface area contributed by atoms with E-state index in [0.717, 1.165) is 12.8 Å². The fourth-order valence-corrected chi connectivity index (χ4v) is 4.54. The Morgan fingerprint density at radius 3 is 2.68 bits per heavy atom. The third-order valence-electron chi connectivity index (χ3n) is 5.13. The van der Waals surface area contributed by atoms with Crippen LogP contribution in [-0.2, 0) is 4.79 Å². The molecule has 3 rings (SSSR count). The zero-order chi connectivity index (χ0) is 13.9. The van der Waals surface area contributed by atoms with Crippen LogP contribution in [0.25, 0.3) is 0 Å². The van der Waals surface area contributed by atoms with Crippen molar-refractivity contribution in [3.05, 3.63) is 0 Å². The number of hydrogen-bond acceptors (Lipinski definition) is 2. The molecule has 3 aliphatic rings. The van der Waals surface area contributed by atoms with E-state index >= 15 is 0 Å². The van der Waals surface area contributed by atoms with Crippen molar-refractivity contribution in [3.63, 3.8) is 0 Å². The number of nitrogens with zero attached hydrogens (tertiary/aromatic N) is 1. The molecule has 1 amide bonds. The van der Waals surface area contributed by atoms with Crippen molar-refractivity contribution in [2.24, 2.45) is 23.7 Å². The predicted octanol–water partition coefficient (Wildman–Crippen LogP) is 1.80. The van der Waals surface area contributed by atoms with Crippen LogP contribution in [0.1, 0.15) is 26.2 Å². The van der Waals surface area contributed by atoms with Crippen LogP contribution in [-0.4, -0.2) is 40.8 Å². The van der Waals surface area contributed by atoms with Crippen LogP contribution in [0.2, 0.25) is 0 Å². The normalized spacial score (nSPS) is 44.8. The highest BCUT2D eigenvalue weighted by Gasteiger charge is 2.60. The van der Waals surface area contributed by atoms with Crippen molar-refractivity contribution in [2.75, 3.05) is 6.54 Å². The molecule has 0 aromatic carbocycles. The number of amides is 1. The lowest BCUT2D eigenvalue weighted by Gasteiger charge is -2.63. The summed E-state index contributed by atoms with van der Waals surface area (Å²) in [5.74, 6) is 0.212. The molecule has 2 aliphatic carbocycles. The van der Waals surface area contributed by atoms with Crippen LogP contribution in [0, 0.1) is 23.7 Å². The average molecular weight is 277 g/mol. The standard InChI is InChI=1S/C13H18F3NO2/c1-6-2-7-3-8-10(6)12(19)11(8)17(5-7)9(18)4-13(14,15)16/h6-8,10-12,19H,2-5H2,1H3/t6-,7?,8-,10?,11?,12-/m0/s1. The number of fused-ring (bicyclic) bond motifs is 1. The second kappa shape index (κ2) is 4.11. The fourth-order valence-electron chi connectivity index (χ4n) is 4.54. The van der Waals surface area contributed by atoms with Gasteiger partial charge in [-0.25, -0.2) is 0 Å². The number of alkyl halides is 3. The minimum Gasteiger partial charge on any atom is -0.391 e. The summed E-state index contributed by atoms with van der Waals surface area (Å²) >= 11 is 0. The monoisotopic (exact) mass is 277 g/mol. The summed E-state index contributed by atoms with van der Waals surface area (Å²) in [5, 5.41) is 10.1. The molecule has 2 saturated carbocycles. The molecule has 19 heavy (non-hydrogen) atoms. The number of hydrogen-bond donors (Lipinski definition) is 1. The molecule has 6 atom stereocenters. The first-order valence-electron chi connectivity index (χ1n) is 6.82. The summed E-state index contributed by atoms with van der Waals surface area (Å²) < 4.78 is 37.0. The number of piperidine rings is 1. The third-order valence-corrected chi connectivity index (χ3v) is 5.13. The van der Waals surface area contributed by atoms with Gasteiger partial charge in [-0.3, -0.25) is 4.79 Å². The Labute approximate surface area is 109 Å². The van der Waals surface area contributed by atoms with E-state index in [1.54, 1.807) is 0 Å². The van der Waals surface area contributed by atoms with Crippen molar-refractivity contribution in [2.45, 2.75) is 44.5 Å². The number of carbonyl (C=O) groups excluding carboxylic acids is 1. The molecule has 3 nitrogen and oxygen atoms in total. The minimum atomic E-state index is -4.47. The molecule has 3 fully saturated rings. The number of likely N-dealkylation sites (tertiary alicyclic amines) is 1. The molecule has 108 valence electrons. The molecular weight excluding hydrogens is 259 g/mol. The van der Waals surface area contributed by atoms with Gasteiger partial charge in [0.15, 0.2) is 0 Å². The Morgan fingerprint density at radius 1 is 1.37 bits per heavy atom. The lowest BCUT2D eigenvalue weighted by molar-refractivity contribution is -0.211. The molecule has 0 radical (unpaired) electrons. The molecule has 1 N–H and O–H groups in total. The second-order valence-corrected chi connectivity index (χ2v) is 6.38. The number of carbonyl (C=O) groups is 1. The highest BCUT2D eigenvalue weighted by molar-refractivity contribution is 5.77. The van der Waals surface area contributed by atoms with Gasteiger partial charge >= 0.3 is 6.18 Å². The molecule has 3 unspecified atom stereocenters. The van der Waals surface area contributed by atoms with Gasteiger partial charge in [0.25, 0.3) is 0 Å². The quantitative estimate of drug-likeness (QED) is 0.794. The molecule has 0 aromatic rings. The smallest absolute Gasteiger partial charge is 0.391 e. The van der Waals surface area contributed by atoms with E-state index in [9.17, 15) is 23.1 Å². The summed E-state index contributed by atoms with van der Waals surface area (Å²) in [6.07, 6.45) is -4.66. The Kier molecular flexibility index (Phi) is 2.86. The molecule has 1 aliphatic heterocycles. The van der Waals surface area contributed by atoms with Crippen molar-refractivity contribution < 1.29 is 23.1 Å². The maximum Gasteiger partial charge on any atom is 0.397 e. The van der Waals surface area contributed by atoms with E-state index in [-0.39, 0.29) is 17.9 Å². The summed E-state index contributed by atoms with van der Waals surface area (Å²) in [6.45, 7) is 2.47. The molecule has 1 saturated heterocycles. The van der Waals surface area contributed by atoms with Gasteiger partial charge in [0.1, 0.15) is 6.42 Å². The largest absolute Gasteiger partial charge is 0.397 e. The topological polar surface area (TPSA) is 40.5 Å². The van der Waals surface area contributed by atoms with Gasteiger partial charge < -0.3 is 10.0 Å². The SMILES string of the molecule is C[C@H]1CC2C[C@H]3C1[C@H](O)C3N(C(=O)CC(F)(F)F)C2. The number of halogens is 3. The van der Waals surface area contributed by atoms with Crippen LogP contribution < -0.4 is 0 Å². The Balaban J connectivity index is 1.77. The van der Waals surface area contributed by atoms with E-state index in [1.165, 1.54) is 4.90 Å². The van der Waals surface area contributed by atoms with Gasteiger partial charge in [0.2, 0.25) is 5.91 Å². The first-order chi connectivity index (χ1) is 8.78. The number of aliphatic hydroxyl groups excluding tert-OH is 1. The maximum absolute atomic E-state index is 12.3. The molecule has 1 heterocycles. The Hall–Kier alpha value is -0.780. The maximum atomic E-state index is 12.3. The summed E-state index contributed by atoms with van der Waals surface area (Å²) in [4.78, 5) is 13.1. The van der Waals surface area contributed by atoms with Gasteiger partial charge in [-0.15, -0.1) is 0 Å². The highest BCUT2D eigenvalue weighted by atomic mass is 19.4. The second-order valence-electron chi connectivity index (χ2n) is 6.38. The highest BCUT2D eigenvalue weighted by Crippen LogP contribution is 2.55. The Bertz CT molecular complexity index is 396. The van der Waals surface area contributed by atoms with Crippen molar-refractivity contribution in [3.8, 4) is 0 Å². The summed E-state index contributed by atoms with van der Waals surface area (Å²) in [7, 11) is 0. The van der Waals surface area contributed by atoms with Crippen molar-refractivity contribution in [1.82, 2.24) is 4.90 Å². The van der Waals surface area contributed by atoms with Gasteiger partial charge in [-0.2, -0.15) is 13.2 Å². The van der Waals surface area contributed by atoms with Crippen molar-refractivity contribution in [1.29, 1.82) is 0 Å². The first kappa shape index (κ1) is 13.2. The summed E-state index contributed by atoms with van der Waals surface area (Å²) in [5.41, 5.74) is 0. The van der Waals surface area contributed by atoms with E-state index in [4.69, 9.17) is 0 Å². The average Bonchev–Trinajstić information content (AvgIpc) is 2.23. The zero-order valence-corrected chi connectivity index (χ0v) is 10.7. The van der Waals surface area contributed by atoms with Crippen LogP contribution in [0.15, 0.2) is 0 Å². The van der Waals surface area contributed by atoms with Gasteiger partial charge in [0.05, 0.1) is 12.1 Å². The van der Waals surface area contributed by atoms with Crippen LogP contribution in [0.5, 0.6) is 0 Å². The lowest BCUT2D eigenvalue weighted by atomic mass is 9.51. The molecular formula is C13H18F3NO2. The van der Waals surface area contributed by atoms with E-state index in [2.05, 4.69) is 6.92 Å². The summed E-state index contributed by atoms with van der Waals surface area (Å²) in [6, 6.07) is -0.376. The van der Waals surface area contributed by atoms with Crippen LogP contribution in [0.4, 0.5) is 13.2 Å². The number of rotatable bonds is 1. The van der Waals surface area contributed by atoms with Gasteiger partial charge in [0, 0.05) is 6.54 Å². The molecule has 0 aromatic heterocycles. The van der Waals surface area contributed by atoms with Gasteiger partial charge in [-0.1, -0.05) is 6.92 Å². The molecule has 0 spiro atoms. The number of aliphatic hydroxyl groups is 1. The minimum absolute atomic E-state index is 0.169. The lowest BCUT2D eigenvalue weighted by Crippen LogP contribution is -2.72. The first-order valence-corrected chi connectivity index (χ1v) is 6.82. The van der Waals surface area contributed by atoms with E-state index in [0.29, 0.717) is 18.4 Å². The van der Waals surface area contributed by atoms with Crippen LogP contribution in [0.3, 0.4) is 0 Å². The predicted molar refractivity (Wildman–Crippen MR) is 61.0 cm³/mol.